The molecule has 0 heterocycles. The maximum absolute atomic E-state index is 10.1. The minimum absolute atomic E-state index is 0.252. The lowest BCUT2D eigenvalue weighted by molar-refractivity contribution is 0.511. The fourth-order valence-corrected chi connectivity index (χ4v) is 1.84. The van der Waals surface area contributed by atoms with Crippen LogP contribution in [0, 0.1) is 0 Å². The van der Waals surface area contributed by atoms with Gasteiger partial charge in [-0.25, -0.2) is 0 Å². The first-order valence-electron chi connectivity index (χ1n) is 5.89. The molecule has 2 aromatic rings. The van der Waals surface area contributed by atoms with Crippen molar-refractivity contribution in [2.24, 2.45) is 0 Å². The molecular formula is C17H16O. The molecule has 1 nitrogen and oxygen atoms in total. The summed E-state index contributed by atoms with van der Waals surface area (Å²) in [5.41, 5.74) is 2.13. The van der Waals surface area contributed by atoms with Gasteiger partial charge < -0.3 is 5.11 Å². The highest BCUT2D eigenvalue weighted by Crippen LogP contribution is 2.14. The van der Waals surface area contributed by atoms with E-state index in [0.717, 1.165) is 21.6 Å². The van der Waals surface area contributed by atoms with E-state index in [4.69, 9.17) is 0 Å². The van der Waals surface area contributed by atoms with Crippen LogP contribution >= 0.6 is 0 Å². The first-order chi connectivity index (χ1) is 8.68. The van der Waals surface area contributed by atoms with Crippen molar-refractivity contribution >= 4 is 17.9 Å². The molecule has 0 aliphatic heterocycles. The van der Waals surface area contributed by atoms with Gasteiger partial charge in [0.1, 0.15) is 5.76 Å². The molecule has 0 saturated carbocycles. The van der Waals surface area contributed by atoms with E-state index in [1.54, 1.807) is 6.08 Å². The Morgan fingerprint density at radius 3 is 2.28 bits per heavy atom. The van der Waals surface area contributed by atoms with E-state index in [1.807, 2.05) is 61.5 Å². The molecule has 0 aliphatic carbocycles. The Bertz CT molecular complexity index is 666. The Kier molecular flexibility index (Phi) is 3.63. The highest BCUT2D eigenvalue weighted by molar-refractivity contribution is 5.72. The molecule has 0 spiro atoms. The molecule has 0 radical (unpaired) electrons. The standard InChI is InChI=1S/C17H16O/c1-13-8-6-7-11-16(13)17(18)12-14(2)15-9-4-3-5-10-15/h3-12,18H,1H2,2H3/b14-12+,17-16+. The molecule has 1 heteroatoms. The third-order valence-corrected chi connectivity index (χ3v) is 2.88. The normalized spacial score (nSPS) is 13.3. The molecule has 90 valence electrons. The molecule has 0 bridgehead atoms. The van der Waals surface area contributed by atoms with Crippen LogP contribution in [-0.4, -0.2) is 5.11 Å². The van der Waals surface area contributed by atoms with Crippen LogP contribution in [0.4, 0.5) is 0 Å². The average Bonchev–Trinajstić information content (AvgIpc) is 2.40. The van der Waals surface area contributed by atoms with Crippen LogP contribution in [0.25, 0.3) is 17.9 Å². The largest absolute Gasteiger partial charge is 0.507 e. The summed E-state index contributed by atoms with van der Waals surface area (Å²) in [6.07, 6.45) is 1.78. The maximum Gasteiger partial charge on any atom is 0.123 e. The third kappa shape index (κ3) is 2.69. The summed E-state index contributed by atoms with van der Waals surface area (Å²) >= 11 is 0. The smallest absolute Gasteiger partial charge is 0.123 e. The first-order valence-corrected chi connectivity index (χ1v) is 5.89. The number of allylic oxidation sites excluding steroid dienone is 1. The molecule has 0 fully saturated rings. The second kappa shape index (κ2) is 5.37. The summed E-state index contributed by atoms with van der Waals surface area (Å²) in [5, 5.41) is 11.7. The molecule has 2 aromatic carbocycles. The van der Waals surface area contributed by atoms with Crippen molar-refractivity contribution in [1.29, 1.82) is 0 Å². The quantitative estimate of drug-likeness (QED) is 0.850. The van der Waals surface area contributed by atoms with Gasteiger partial charge in [0.2, 0.25) is 0 Å². The number of aliphatic hydroxyl groups excluding tert-OH is 1. The van der Waals surface area contributed by atoms with Crippen LogP contribution in [-0.2, 0) is 0 Å². The lowest BCUT2D eigenvalue weighted by Crippen LogP contribution is -2.24. The molecule has 18 heavy (non-hydrogen) atoms. The monoisotopic (exact) mass is 236 g/mol. The summed E-state index contributed by atoms with van der Waals surface area (Å²) in [6.45, 7) is 5.89. The minimum Gasteiger partial charge on any atom is -0.507 e. The lowest BCUT2D eigenvalue weighted by Gasteiger charge is -2.01. The Labute approximate surface area is 107 Å². The molecule has 0 unspecified atom stereocenters. The van der Waals surface area contributed by atoms with E-state index in [1.165, 1.54) is 0 Å². The van der Waals surface area contributed by atoms with Crippen molar-refractivity contribution in [3.63, 3.8) is 0 Å². The fraction of sp³-hybridized carbons (Fsp3) is 0.0588. The van der Waals surface area contributed by atoms with Gasteiger partial charge in [-0.3, -0.25) is 0 Å². The first kappa shape index (κ1) is 12.2. The zero-order chi connectivity index (χ0) is 13.0. The van der Waals surface area contributed by atoms with E-state index in [2.05, 4.69) is 6.58 Å². The van der Waals surface area contributed by atoms with Crippen molar-refractivity contribution in [3.8, 4) is 0 Å². The average molecular weight is 236 g/mol. The van der Waals surface area contributed by atoms with Gasteiger partial charge in [0.15, 0.2) is 0 Å². The van der Waals surface area contributed by atoms with Gasteiger partial charge >= 0.3 is 0 Å². The number of benzene rings is 2. The zero-order valence-electron chi connectivity index (χ0n) is 10.4. The highest BCUT2D eigenvalue weighted by atomic mass is 16.3. The number of rotatable bonds is 2. The van der Waals surface area contributed by atoms with Crippen molar-refractivity contribution in [2.75, 3.05) is 0 Å². The maximum atomic E-state index is 10.1. The summed E-state index contributed by atoms with van der Waals surface area (Å²) in [5.74, 6) is 0.252. The Balaban J connectivity index is 2.50. The van der Waals surface area contributed by atoms with Crippen molar-refractivity contribution in [3.05, 3.63) is 76.7 Å². The highest BCUT2D eigenvalue weighted by Gasteiger charge is 1.96. The van der Waals surface area contributed by atoms with Crippen molar-refractivity contribution < 1.29 is 5.11 Å². The van der Waals surface area contributed by atoms with E-state index in [0.29, 0.717) is 0 Å². The van der Waals surface area contributed by atoms with Gasteiger partial charge in [0.25, 0.3) is 0 Å². The van der Waals surface area contributed by atoms with Gasteiger partial charge in [0.05, 0.1) is 0 Å². The van der Waals surface area contributed by atoms with Crippen molar-refractivity contribution in [1.82, 2.24) is 0 Å². The molecule has 0 aromatic heterocycles. The summed E-state index contributed by atoms with van der Waals surface area (Å²) in [6, 6.07) is 17.6. The van der Waals surface area contributed by atoms with Gasteiger partial charge in [-0.05, 0) is 29.4 Å². The van der Waals surface area contributed by atoms with Crippen LogP contribution < -0.4 is 10.4 Å². The predicted octanol–water partition coefficient (Wildman–Crippen LogP) is 2.87. The van der Waals surface area contributed by atoms with Gasteiger partial charge in [-0.2, -0.15) is 0 Å². The molecule has 0 saturated heterocycles. The fourth-order valence-electron chi connectivity index (χ4n) is 1.84. The molecule has 0 aliphatic rings. The molecule has 0 amide bonds. The molecule has 1 N–H and O–H groups in total. The summed E-state index contributed by atoms with van der Waals surface area (Å²) in [4.78, 5) is 0. The topological polar surface area (TPSA) is 20.2 Å². The van der Waals surface area contributed by atoms with E-state index in [-0.39, 0.29) is 5.76 Å². The molecule has 2 rings (SSSR count). The predicted molar refractivity (Wildman–Crippen MR) is 77.3 cm³/mol. The number of aliphatic hydroxyl groups is 1. The number of hydrogen-bond donors (Lipinski definition) is 1. The Morgan fingerprint density at radius 1 is 1.00 bits per heavy atom. The molecule has 0 atom stereocenters. The van der Waals surface area contributed by atoms with Crippen LogP contribution in [0.15, 0.2) is 60.7 Å². The second-order valence-electron chi connectivity index (χ2n) is 4.24. The van der Waals surface area contributed by atoms with E-state index in [9.17, 15) is 5.11 Å². The number of hydrogen-bond acceptors (Lipinski definition) is 1. The zero-order valence-corrected chi connectivity index (χ0v) is 10.4. The third-order valence-electron chi connectivity index (χ3n) is 2.88. The van der Waals surface area contributed by atoms with Crippen LogP contribution in [0.1, 0.15) is 12.5 Å². The lowest BCUT2D eigenvalue weighted by atomic mass is 10.1. The Hall–Kier alpha value is -2.28. The minimum atomic E-state index is 0.252. The Morgan fingerprint density at radius 2 is 1.61 bits per heavy atom. The van der Waals surface area contributed by atoms with Crippen molar-refractivity contribution in [2.45, 2.75) is 6.92 Å². The SMILES string of the molecule is C=c1cccc/c1=C(O)/C=C(\C)c1ccccc1. The van der Waals surface area contributed by atoms with Crippen LogP contribution in [0.2, 0.25) is 0 Å². The van der Waals surface area contributed by atoms with E-state index < -0.39 is 0 Å². The van der Waals surface area contributed by atoms with Gasteiger partial charge in [-0.1, -0.05) is 61.2 Å². The summed E-state index contributed by atoms with van der Waals surface area (Å²) < 4.78 is 0. The molecular weight excluding hydrogens is 220 g/mol. The second-order valence-corrected chi connectivity index (χ2v) is 4.24. The van der Waals surface area contributed by atoms with Gasteiger partial charge in [-0.15, -0.1) is 0 Å². The van der Waals surface area contributed by atoms with Crippen LogP contribution in [0.5, 0.6) is 0 Å². The van der Waals surface area contributed by atoms with E-state index >= 15 is 0 Å². The van der Waals surface area contributed by atoms with Crippen LogP contribution in [0.3, 0.4) is 0 Å². The van der Waals surface area contributed by atoms with Gasteiger partial charge in [0, 0.05) is 5.22 Å². The summed E-state index contributed by atoms with van der Waals surface area (Å²) in [7, 11) is 0.